The van der Waals surface area contributed by atoms with Gasteiger partial charge in [0.05, 0.1) is 11.6 Å². The van der Waals surface area contributed by atoms with Gasteiger partial charge in [-0.1, -0.05) is 12.8 Å². The minimum absolute atomic E-state index is 0.367. The Morgan fingerprint density at radius 1 is 1.33 bits per heavy atom. The second-order valence-electron chi connectivity index (χ2n) is 6.55. The lowest BCUT2D eigenvalue weighted by Crippen LogP contribution is -2.43. The summed E-state index contributed by atoms with van der Waals surface area (Å²) >= 11 is 1.71. The molecular weight excluding hydrogens is 320 g/mol. The monoisotopic (exact) mass is 352 g/mol. The summed E-state index contributed by atoms with van der Waals surface area (Å²) in [5, 5.41) is 8.03. The number of guanidine groups is 1. The molecule has 0 aromatic carbocycles. The summed E-state index contributed by atoms with van der Waals surface area (Å²) in [7, 11) is 0. The van der Waals surface area contributed by atoms with Gasteiger partial charge in [0, 0.05) is 37.4 Å². The Morgan fingerprint density at radius 3 is 2.75 bits per heavy atom. The first kappa shape index (κ1) is 19.2. The average Bonchev–Trinajstić information content (AvgIpc) is 3.20. The topological polar surface area (TPSA) is 58.5 Å². The van der Waals surface area contributed by atoms with Crippen LogP contribution in [0.4, 0.5) is 0 Å². The van der Waals surface area contributed by atoms with Crippen LogP contribution >= 0.6 is 11.3 Å². The molecule has 2 N–H and O–H groups in total. The van der Waals surface area contributed by atoms with Crippen molar-refractivity contribution in [3.8, 4) is 0 Å². The molecule has 1 aromatic rings. The first-order chi connectivity index (χ1) is 11.7. The molecule has 2 rings (SSSR count). The van der Waals surface area contributed by atoms with Crippen LogP contribution in [0, 0.1) is 12.3 Å². The normalized spacial score (nSPS) is 17.2. The molecule has 1 fully saturated rings. The second-order valence-corrected chi connectivity index (χ2v) is 7.87. The number of hydrogen-bond acceptors (Lipinski definition) is 4. The van der Waals surface area contributed by atoms with Crippen LogP contribution in [0.5, 0.6) is 0 Å². The summed E-state index contributed by atoms with van der Waals surface area (Å²) in [4.78, 5) is 10.2. The lowest BCUT2D eigenvalue weighted by atomic mass is 9.83. The van der Waals surface area contributed by atoms with Gasteiger partial charge in [-0.2, -0.15) is 0 Å². The van der Waals surface area contributed by atoms with Crippen molar-refractivity contribution in [2.24, 2.45) is 10.4 Å². The number of rotatable bonds is 9. The van der Waals surface area contributed by atoms with Crippen molar-refractivity contribution < 1.29 is 4.74 Å². The smallest absolute Gasteiger partial charge is 0.191 e. The lowest BCUT2D eigenvalue weighted by molar-refractivity contribution is 0.105. The van der Waals surface area contributed by atoms with E-state index in [1.165, 1.54) is 30.6 Å². The van der Waals surface area contributed by atoms with Crippen LogP contribution < -0.4 is 10.6 Å². The summed E-state index contributed by atoms with van der Waals surface area (Å²) in [5.41, 5.74) is 0.367. The fourth-order valence-electron chi connectivity index (χ4n) is 3.32. The van der Waals surface area contributed by atoms with Gasteiger partial charge in [-0.25, -0.2) is 9.98 Å². The highest BCUT2D eigenvalue weighted by Gasteiger charge is 2.33. The van der Waals surface area contributed by atoms with E-state index >= 15 is 0 Å². The fraction of sp³-hybridized carbons (Fsp3) is 0.778. The highest BCUT2D eigenvalue weighted by atomic mass is 32.1. The van der Waals surface area contributed by atoms with Crippen molar-refractivity contribution in [3.05, 3.63) is 16.1 Å². The van der Waals surface area contributed by atoms with E-state index in [2.05, 4.69) is 29.5 Å². The molecule has 0 unspecified atom stereocenters. The summed E-state index contributed by atoms with van der Waals surface area (Å²) in [6, 6.07) is 0. The van der Waals surface area contributed by atoms with E-state index in [4.69, 9.17) is 9.73 Å². The predicted molar refractivity (Wildman–Crippen MR) is 102 cm³/mol. The van der Waals surface area contributed by atoms with Crippen molar-refractivity contribution in [2.45, 2.75) is 59.4 Å². The fourth-order valence-corrected chi connectivity index (χ4v) is 4.04. The number of nitrogens with one attached hydrogen (secondary N) is 2. The molecule has 0 bridgehead atoms. The Hall–Kier alpha value is -1.14. The molecule has 1 saturated carbocycles. The van der Waals surface area contributed by atoms with Crippen molar-refractivity contribution >= 4 is 17.3 Å². The van der Waals surface area contributed by atoms with Crippen molar-refractivity contribution in [2.75, 3.05) is 26.3 Å². The largest absolute Gasteiger partial charge is 0.382 e. The second kappa shape index (κ2) is 9.99. The van der Waals surface area contributed by atoms with Crippen molar-refractivity contribution in [1.29, 1.82) is 0 Å². The van der Waals surface area contributed by atoms with E-state index in [9.17, 15) is 0 Å². The quantitative estimate of drug-likeness (QED) is 0.406. The zero-order valence-corrected chi connectivity index (χ0v) is 16.2. The van der Waals surface area contributed by atoms with E-state index in [-0.39, 0.29) is 0 Å². The van der Waals surface area contributed by atoms with Gasteiger partial charge in [0.25, 0.3) is 0 Å². The maximum absolute atomic E-state index is 5.60. The number of aryl methyl sites for hydroxylation is 1. The predicted octanol–water partition coefficient (Wildman–Crippen LogP) is 3.49. The van der Waals surface area contributed by atoms with Gasteiger partial charge >= 0.3 is 0 Å². The van der Waals surface area contributed by atoms with Crippen LogP contribution in [0.15, 0.2) is 11.2 Å². The number of ether oxygens (including phenoxy) is 1. The van der Waals surface area contributed by atoms with Crippen LogP contribution in [0.3, 0.4) is 0 Å². The Labute approximate surface area is 150 Å². The van der Waals surface area contributed by atoms with E-state index in [1.807, 2.05) is 13.1 Å². The van der Waals surface area contributed by atoms with Gasteiger partial charge in [0.1, 0.15) is 0 Å². The standard InChI is InChI=1S/C18H32N4OS/c1-4-19-17(21-13-16-12-20-15(3)24-16)22-14-18(8-6-7-9-18)10-11-23-5-2/h12H,4-11,13-14H2,1-3H3,(H2,19,21,22). The maximum atomic E-state index is 5.60. The highest BCUT2D eigenvalue weighted by Crippen LogP contribution is 2.40. The van der Waals surface area contributed by atoms with Gasteiger partial charge in [-0.05, 0) is 45.4 Å². The summed E-state index contributed by atoms with van der Waals surface area (Å²) < 4.78 is 5.60. The van der Waals surface area contributed by atoms with Gasteiger partial charge in [0.2, 0.25) is 0 Å². The van der Waals surface area contributed by atoms with Crippen LogP contribution in [0.2, 0.25) is 0 Å². The minimum atomic E-state index is 0.367. The zero-order valence-electron chi connectivity index (χ0n) is 15.4. The van der Waals surface area contributed by atoms with Gasteiger partial charge in [0.15, 0.2) is 5.96 Å². The third-order valence-corrected chi connectivity index (χ3v) is 5.58. The third kappa shape index (κ3) is 6.06. The molecule has 1 heterocycles. The molecule has 24 heavy (non-hydrogen) atoms. The van der Waals surface area contributed by atoms with E-state index in [0.717, 1.165) is 43.7 Å². The Bertz CT molecular complexity index is 509. The summed E-state index contributed by atoms with van der Waals surface area (Å²) in [6.07, 6.45) is 8.32. The lowest BCUT2D eigenvalue weighted by Gasteiger charge is -2.30. The van der Waals surface area contributed by atoms with Crippen LogP contribution in [0.1, 0.15) is 55.8 Å². The molecule has 1 aromatic heterocycles. The number of aliphatic imine (C=N–C) groups is 1. The molecule has 0 atom stereocenters. The van der Waals surface area contributed by atoms with Crippen molar-refractivity contribution in [1.82, 2.24) is 15.6 Å². The molecule has 136 valence electrons. The van der Waals surface area contributed by atoms with Gasteiger partial charge in [-0.15, -0.1) is 11.3 Å². The molecule has 0 spiro atoms. The van der Waals surface area contributed by atoms with Gasteiger partial charge < -0.3 is 15.4 Å². The molecule has 0 amide bonds. The van der Waals surface area contributed by atoms with E-state index < -0.39 is 0 Å². The first-order valence-electron chi connectivity index (χ1n) is 9.19. The third-order valence-electron chi connectivity index (χ3n) is 4.68. The molecule has 0 saturated heterocycles. The first-order valence-corrected chi connectivity index (χ1v) is 10.0. The summed E-state index contributed by atoms with van der Waals surface area (Å²) in [5.74, 6) is 0.909. The molecular formula is C18H32N4OS. The molecule has 1 aliphatic carbocycles. The Balaban J connectivity index is 1.90. The molecule has 1 aliphatic rings. The average molecular weight is 353 g/mol. The Kier molecular flexibility index (Phi) is 7.99. The number of thiazole rings is 1. The number of nitrogens with zero attached hydrogens (tertiary/aromatic N) is 2. The van der Waals surface area contributed by atoms with Crippen LogP contribution in [-0.4, -0.2) is 37.2 Å². The minimum Gasteiger partial charge on any atom is -0.382 e. The number of hydrogen-bond donors (Lipinski definition) is 2. The van der Waals surface area contributed by atoms with Crippen molar-refractivity contribution in [3.63, 3.8) is 0 Å². The molecule has 0 aliphatic heterocycles. The van der Waals surface area contributed by atoms with Crippen LogP contribution in [-0.2, 0) is 11.3 Å². The molecule has 0 radical (unpaired) electrons. The summed E-state index contributed by atoms with van der Waals surface area (Å²) in [6.45, 7) is 10.4. The van der Waals surface area contributed by atoms with Gasteiger partial charge in [-0.3, -0.25) is 0 Å². The molecule has 5 nitrogen and oxygen atoms in total. The highest BCUT2D eigenvalue weighted by molar-refractivity contribution is 7.11. The van der Waals surface area contributed by atoms with E-state index in [0.29, 0.717) is 12.0 Å². The van der Waals surface area contributed by atoms with E-state index in [1.54, 1.807) is 11.3 Å². The Morgan fingerprint density at radius 2 is 2.12 bits per heavy atom. The zero-order chi connectivity index (χ0) is 17.3. The van der Waals surface area contributed by atoms with Crippen LogP contribution in [0.25, 0.3) is 0 Å². The SMILES string of the molecule is CCNC(=NCc1cnc(C)s1)NCC1(CCOCC)CCCC1. The maximum Gasteiger partial charge on any atom is 0.191 e. The molecule has 6 heteroatoms. The number of aromatic nitrogens is 1.